The Morgan fingerprint density at radius 2 is 2.50 bits per heavy atom. The molecule has 6 nitrogen and oxygen atoms in total. The molecule has 1 N–H and O–H groups in total. The van der Waals surface area contributed by atoms with Crippen molar-refractivity contribution in [1.29, 1.82) is 5.26 Å². The van der Waals surface area contributed by atoms with Crippen LogP contribution in [0.1, 0.15) is 16.1 Å². The molecule has 2 heterocycles. The molecule has 0 aliphatic carbocycles. The van der Waals surface area contributed by atoms with E-state index in [4.69, 9.17) is 9.68 Å². The third-order valence-corrected chi connectivity index (χ3v) is 1.93. The number of carbonyl (C=O) groups is 1. The van der Waals surface area contributed by atoms with Gasteiger partial charge in [0.25, 0.3) is 5.91 Å². The molecule has 0 spiro atoms. The zero-order chi connectivity index (χ0) is 11.5. The first kappa shape index (κ1) is 9.98. The molecule has 2 aromatic heterocycles. The van der Waals surface area contributed by atoms with Gasteiger partial charge >= 0.3 is 0 Å². The van der Waals surface area contributed by atoms with Crippen molar-refractivity contribution in [2.45, 2.75) is 0 Å². The number of hydrogen-bond acceptors (Lipinski definition) is 4. The predicted octanol–water partition coefficient (Wildman–Crippen LogP) is 1.14. The van der Waals surface area contributed by atoms with Crippen LogP contribution in [0.15, 0.2) is 29.0 Å². The fourth-order valence-electron chi connectivity index (χ4n) is 1.24. The van der Waals surface area contributed by atoms with Gasteiger partial charge < -0.3 is 9.73 Å². The zero-order valence-electron chi connectivity index (χ0n) is 8.47. The Hall–Kier alpha value is -2.55. The van der Waals surface area contributed by atoms with E-state index in [1.807, 2.05) is 6.07 Å². The van der Waals surface area contributed by atoms with Crippen LogP contribution in [0, 0.1) is 11.3 Å². The van der Waals surface area contributed by atoms with Crippen LogP contribution < -0.4 is 5.32 Å². The Kier molecular flexibility index (Phi) is 2.44. The summed E-state index contributed by atoms with van der Waals surface area (Å²) in [4.78, 5) is 11.6. The summed E-state index contributed by atoms with van der Waals surface area (Å²) in [5.74, 6) is -0.0267. The summed E-state index contributed by atoms with van der Waals surface area (Å²) < 4.78 is 6.37. The fourth-order valence-corrected chi connectivity index (χ4v) is 1.24. The van der Waals surface area contributed by atoms with E-state index in [1.165, 1.54) is 23.2 Å². The van der Waals surface area contributed by atoms with Crippen LogP contribution in [0.2, 0.25) is 0 Å². The number of nitriles is 1. The Morgan fingerprint density at radius 1 is 1.69 bits per heavy atom. The highest BCUT2D eigenvalue weighted by Crippen LogP contribution is 2.12. The summed E-state index contributed by atoms with van der Waals surface area (Å²) in [6, 6.07) is 5.08. The number of anilines is 1. The molecule has 6 heteroatoms. The Morgan fingerprint density at radius 3 is 3.12 bits per heavy atom. The Labute approximate surface area is 91.1 Å². The first-order valence-electron chi connectivity index (χ1n) is 4.49. The topological polar surface area (TPSA) is 83.9 Å². The average Bonchev–Trinajstić information content (AvgIpc) is 2.87. The summed E-state index contributed by atoms with van der Waals surface area (Å²) in [6.45, 7) is 0. The van der Waals surface area contributed by atoms with Gasteiger partial charge in [0.1, 0.15) is 11.6 Å². The predicted molar refractivity (Wildman–Crippen MR) is 54.6 cm³/mol. The van der Waals surface area contributed by atoms with Crippen LogP contribution in [-0.4, -0.2) is 15.7 Å². The lowest BCUT2D eigenvalue weighted by Crippen LogP contribution is -2.12. The van der Waals surface area contributed by atoms with Crippen molar-refractivity contribution in [3.63, 3.8) is 0 Å². The van der Waals surface area contributed by atoms with Gasteiger partial charge in [0.05, 0.1) is 6.26 Å². The number of carbonyl (C=O) groups excluding carboxylic acids is 1. The minimum atomic E-state index is -0.430. The second-order valence-electron chi connectivity index (χ2n) is 3.11. The molecule has 0 unspecified atom stereocenters. The molecule has 0 saturated heterocycles. The molecular formula is C10H8N4O2. The molecule has 0 fully saturated rings. The third kappa shape index (κ3) is 1.79. The highest BCUT2D eigenvalue weighted by Gasteiger charge is 2.13. The lowest BCUT2D eigenvalue weighted by Gasteiger charge is -1.98. The number of rotatable bonds is 2. The quantitative estimate of drug-likeness (QED) is 0.815. The number of hydrogen-bond donors (Lipinski definition) is 1. The fraction of sp³-hybridized carbons (Fsp3) is 0.100. The molecule has 2 rings (SSSR count). The normalized spacial score (nSPS) is 9.75. The second-order valence-corrected chi connectivity index (χ2v) is 3.11. The number of furan rings is 1. The van der Waals surface area contributed by atoms with Crippen LogP contribution in [-0.2, 0) is 7.05 Å². The van der Waals surface area contributed by atoms with Gasteiger partial charge in [-0.3, -0.25) is 9.48 Å². The van der Waals surface area contributed by atoms with Crippen molar-refractivity contribution < 1.29 is 9.21 Å². The molecule has 0 aromatic carbocycles. The summed E-state index contributed by atoms with van der Waals surface area (Å²) in [7, 11) is 1.67. The average molecular weight is 216 g/mol. The summed E-state index contributed by atoms with van der Waals surface area (Å²) in [6.07, 6.45) is 2.93. The van der Waals surface area contributed by atoms with Gasteiger partial charge in [-0.1, -0.05) is 0 Å². The molecule has 16 heavy (non-hydrogen) atoms. The van der Waals surface area contributed by atoms with Crippen LogP contribution in [0.25, 0.3) is 0 Å². The van der Waals surface area contributed by atoms with Crippen molar-refractivity contribution in [2.24, 2.45) is 7.05 Å². The van der Waals surface area contributed by atoms with Gasteiger partial charge in [0.2, 0.25) is 0 Å². The minimum absolute atomic E-state index is 0.176. The van der Waals surface area contributed by atoms with Crippen LogP contribution >= 0.6 is 0 Å². The van der Waals surface area contributed by atoms with Crippen LogP contribution in [0.4, 0.5) is 5.82 Å². The minimum Gasteiger partial charge on any atom is -0.459 e. The molecule has 80 valence electrons. The second kappa shape index (κ2) is 3.90. The Bertz CT molecular complexity index is 548. The van der Waals surface area contributed by atoms with E-state index in [0.717, 1.165) is 0 Å². The van der Waals surface area contributed by atoms with Gasteiger partial charge in [-0.15, -0.1) is 0 Å². The molecule has 0 saturated carbocycles. The number of nitrogens with zero attached hydrogens (tertiary/aromatic N) is 3. The standard InChI is InChI=1S/C10H8N4O2/c1-14-6-7(5-11)9(13-14)12-10(15)8-3-2-4-16-8/h2-4,6H,1H3,(H,12,13,15). The first-order chi connectivity index (χ1) is 7.70. The van der Waals surface area contributed by atoms with Gasteiger partial charge in [-0.05, 0) is 12.1 Å². The van der Waals surface area contributed by atoms with Crippen molar-refractivity contribution in [1.82, 2.24) is 9.78 Å². The van der Waals surface area contributed by atoms with E-state index < -0.39 is 5.91 Å². The highest BCUT2D eigenvalue weighted by atomic mass is 16.3. The number of aromatic nitrogens is 2. The van der Waals surface area contributed by atoms with Gasteiger partial charge in [-0.25, -0.2) is 0 Å². The first-order valence-corrected chi connectivity index (χ1v) is 4.49. The summed E-state index contributed by atoms with van der Waals surface area (Å²) in [5, 5.41) is 15.2. The van der Waals surface area contributed by atoms with Crippen molar-refractivity contribution in [3.8, 4) is 6.07 Å². The number of amides is 1. The maximum Gasteiger partial charge on any atom is 0.292 e. The molecule has 0 radical (unpaired) electrons. The molecule has 0 atom stereocenters. The van der Waals surface area contributed by atoms with Crippen molar-refractivity contribution in [3.05, 3.63) is 35.9 Å². The van der Waals surface area contributed by atoms with Crippen LogP contribution in [0.5, 0.6) is 0 Å². The van der Waals surface area contributed by atoms with Gasteiger partial charge in [0.15, 0.2) is 11.6 Å². The van der Waals surface area contributed by atoms with Gasteiger partial charge in [0, 0.05) is 13.2 Å². The lowest BCUT2D eigenvalue weighted by atomic mass is 10.3. The van der Waals surface area contributed by atoms with Crippen molar-refractivity contribution in [2.75, 3.05) is 5.32 Å². The van der Waals surface area contributed by atoms with E-state index in [1.54, 1.807) is 13.1 Å². The molecule has 0 aliphatic rings. The van der Waals surface area contributed by atoms with Gasteiger partial charge in [-0.2, -0.15) is 10.4 Å². The third-order valence-electron chi connectivity index (χ3n) is 1.93. The number of aryl methyl sites for hydroxylation is 1. The zero-order valence-corrected chi connectivity index (χ0v) is 8.47. The molecule has 0 bridgehead atoms. The molecule has 1 amide bonds. The largest absolute Gasteiger partial charge is 0.459 e. The maximum absolute atomic E-state index is 11.6. The maximum atomic E-state index is 11.6. The summed E-state index contributed by atoms with van der Waals surface area (Å²) in [5.41, 5.74) is 0.308. The Balaban J connectivity index is 2.22. The smallest absolute Gasteiger partial charge is 0.292 e. The molecule has 2 aromatic rings. The SMILES string of the molecule is Cn1cc(C#N)c(NC(=O)c2ccco2)n1. The van der Waals surface area contributed by atoms with E-state index in [-0.39, 0.29) is 11.6 Å². The highest BCUT2D eigenvalue weighted by molar-refractivity contribution is 6.02. The monoisotopic (exact) mass is 216 g/mol. The number of nitrogens with one attached hydrogen (secondary N) is 1. The molecule has 0 aliphatic heterocycles. The van der Waals surface area contributed by atoms with E-state index in [9.17, 15) is 4.79 Å². The van der Waals surface area contributed by atoms with E-state index >= 15 is 0 Å². The molecular weight excluding hydrogens is 208 g/mol. The van der Waals surface area contributed by atoms with Crippen LogP contribution in [0.3, 0.4) is 0 Å². The van der Waals surface area contributed by atoms with Crippen molar-refractivity contribution >= 4 is 11.7 Å². The van der Waals surface area contributed by atoms with E-state index in [2.05, 4.69) is 10.4 Å². The lowest BCUT2D eigenvalue weighted by molar-refractivity contribution is 0.0996. The summed E-state index contributed by atoms with van der Waals surface area (Å²) >= 11 is 0. The van der Waals surface area contributed by atoms with E-state index in [0.29, 0.717) is 5.56 Å².